The molecule has 0 aliphatic rings. The molecule has 84 valence electrons. The van der Waals surface area contributed by atoms with Gasteiger partial charge in [0.1, 0.15) is 0 Å². The molecule has 0 atom stereocenters. The maximum Gasteiger partial charge on any atom is 0.250 e. The molecule has 4 nitrogen and oxygen atoms in total. The zero-order valence-electron chi connectivity index (χ0n) is 9.23. The number of thiazole rings is 1. The Kier molecular flexibility index (Phi) is 3.05. The summed E-state index contributed by atoms with van der Waals surface area (Å²) in [6.45, 7) is 2.73. The number of aryl methyl sites for hydroxylation is 2. The lowest BCUT2D eigenvalue weighted by molar-refractivity contribution is 0.859. The second kappa shape index (κ2) is 4.49. The average Bonchev–Trinajstić information content (AvgIpc) is 2.66. The predicted octanol–water partition coefficient (Wildman–Crippen LogP) is 1.76. The summed E-state index contributed by atoms with van der Waals surface area (Å²) in [5, 5.41) is 4.32. The van der Waals surface area contributed by atoms with E-state index >= 15 is 0 Å². The maximum atomic E-state index is 11.2. The van der Waals surface area contributed by atoms with Crippen LogP contribution < -0.4 is 10.9 Å². The summed E-state index contributed by atoms with van der Waals surface area (Å²) in [4.78, 5) is 16.5. The molecule has 0 aliphatic carbocycles. The standard InChI is InChI=1S/C11H13N3OS/c1-8-12-5-10(16-8)6-13-9-3-4-11(15)14(2)7-9/h3-5,7,13H,6H2,1-2H3. The van der Waals surface area contributed by atoms with E-state index < -0.39 is 0 Å². The van der Waals surface area contributed by atoms with Gasteiger partial charge in [0.25, 0.3) is 0 Å². The molecular weight excluding hydrogens is 222 g/mol. The van der Waals surface area contributed by atoms with Crippen LogP contribution >= 0.6 is 11.3 Å². The Morgan fingerprint density at radius 2 is 2.31 bits per heavy atom. The number of nitrogens with zero attached hydrogens (tertiary/aromatic N) is 2. The summed E-state index contributed by atoms with van der Waals surface area (Å²) in [5.74, 6) is 0. The Morgan fingerprint density at radius 1 is 1.50 bits per heavy atom. The van der Waals surface area contributed by atoms with Gasteiger partial charge in [0.2, 0.25) is 5.56 Å². The highest BCUT2D eigenvalue weighted by Gasteiger charge is 1.99. The van der Waals surface area contributed by atoms with Gasteiger partial charge in [0.15, 0.2) is 0 Å². The fourth-order valence-electron chi connectivity index (χ4n) is 1.37. The van der Waals surface area contributed by atoms with Gasteiger partial charge in [-0.1, -0.05) is 0 Å². The van der Waals surface area contributed by atoms with Crippen molar-refractivity contribution in [3.63, 3.8) is 0 Å². The fraction of sp³-hybridized carbons (Fsp3) is 0.273. The van der Waals surface area contributed by atoms with E-state index in [4.69, 9.17) is 0 Å². The van der Waals surface area contributed by atoms with Crippen molar-refractivity contribution in [2.45, 2.75) is 13.5 Å². The molecule has 2 rings (SSSR count). The van der Waals surface area contributed by atoms with Crippen molar-refractivity contribution in [3.05, 3.63) is 44.8 Å². The van der Waals surface area contributed by atoms with Crippen molar-refractivity contribution >= 4 is 17.0 Å². The van der Waals surface area contributed by atoms with Gasteiger partial charge in [-0.3, -0.25) is 4.79 Å². The Bertz CT molecular complexity index is 544. The van der Waals surface area contributed by atoms with Crippen molar-refractivity contribution in [1.29, 1.82) is 0 Å². The van der Waals surface area contributed by atoms with Crippen LogP contribution in [0.5, 0.6) is 0 Å². The smallest absolute Gasteiger partial charge is 0.250 e. The highest BCUT2D eigenvalue weighted by atomic mass is 32.1. The molecule has 0 unspecified atom stereocenters. The number of aromatic nitrogens is 2. The van der Waals surface area contributed by atoms with Gasteiger partial charge in [0, 0.05) is 30.4 Å². The highest BCUT2D eigenvalue weighted by Crippen LogP contribution is 2.13. The molecule has 0 saturated heterocycles. The van der Waals surface area contributed by atoms with E-state index in [1.54, 1.807) is 41.3 Å². The van der Waals surface area contributed by atoms with Gasteiger partial charge in [0.05, 0.1) is 17.2 Å². The van der Waals surface area contributed by atoms with Crippen LogP contribution in [0.3, 0.4) is 0 Å². The van der Waals surface area contributed by atoms with E-state index in [0.29, 0.717) is 0 Å². The molecule has 0 saturated carbocycles. The summed E-state index contributed by atoms with van der Waals surface area (Å²) in [7, 11) is 1.74. The topological polar surface area (TPSA) is 46.9 Å². The van der Waals surface area contributed by atoms with Crippen molar-refractivity contribution in [2.75, 3.05) is 5.32 Å². The Labute approximate surface area is 97.6 Å². The van der Waals surface area contributed by atoms with Crippen LogP contribution in [-0.4, -0.2) is 9.55 Å². The maximum absolute atomic E-state index is 11.2. The third kappa shape index (κ3) is 2.49. The largest absolute Gasteiger partial charge is 0.379 e. The zero-order valence-corrected chi connectivity index (χ0v) is 10.0. The van der Waals surface area contributed by atoms with Crippen LogP contribution in [0.2, 0.25) is 0 Å². The number of rotatable bonds is 3. The first-order chi connectivity index (χ1) is 7.65. The Hall–Kier alpha value is -1.62. The molecule has 16 heavy (non-hydrogen) atoms. The molecule has 0 fully saturated rings. The van der Waals surface area contributed by atoms with Crippen LogP contribution in [0.4, 0.5) is 5.69 Å². The zero-order chi connectivity index (χ0) is 11.5. The summed E-state index contributed by atoms with van der Waals surface area (Å²) >= 11 is 1.67. The number of hydrogen-bond donors (Lipinski definition) is 1. The van der Waals surface area contributed by atoms with Crippen LogP contribution in [0.15, 0.2) is 29.3 Å². The van der Waals surface area contributed by atoms with E-state index in [9.17, 15) is 4.79 Å². The van der Waals surface area contributed by atoms with Crippen LogP contribution in [0, 0.1) is 6.92 Å². The molecule has 0 spiro atoms. The van der Waals surface area contributed by atoms with Gasteiger partial charge < -0.3 is 9.88 Å². The van der Waals surface area contributed by atoms with E-state index in [0.717, 1.165) is 17.2 Å². The number of pyridine rings is 1. The van der Waals surface area contributed by atoms with Gasteiger partial charge in [-0.15, -0.1) is 11.3 Å². The molecule has 2 heterocycles. The second-order valence-corrected chi connectivity index (χ2v) is 4.89. The summed E-state index contributed by atoms with van der Waals surface area (Å²) in [5.41, 5.74) is 0.937. The molecule has 0 aromatic carbocycles. The summed E-state index contributed by atoms with van der Waals surface area (Å²) in [6, 6.07) is 3.34. The SMILES string of the molecule is Cc1ncc(CNc2ccc(=O)n(C)c2)s1. The first kappa shape index (κ1) is 10.9. The number of nitrogens with one attached hydrogen (secondary N) is 1. The monoisotopic (exact) mass is 235 g/mol. The van der Waals surface area contributed by atoms with Crippen molar-refractivity contribution in [2.24, 2.45) is 7.05 Å². The van der Waals surface area contributed by atoms with Gasteiger partial charge in [-0.2, -0.15) is 0 Å². The fourth-order valence-corrected chi connectivity index (χ4v) is 2.11. The van der Waals surface area contributed by atoms with Gasteiger partial charge in [-0.25, -0.2) is 4.98 Å². The molecule has 2 aromatic rings. The minimum atomic E-state index is -0.000755. The normalized spacial score (nSPS) is 10.4. The van der Waals surface area contributed by atoms with Crippen LogP contribution in [0.25, 0.3) is 0 Å². The third-order valence-corrected chi connectivity index (χ3v) is 3.13. The summed E-state index contributed by atoms with van der Waals surface area (Å²) in [6.07, 6.45) is 3.66. The molecule has 2 aromatic heterocycles. The van der Waals surface area contributed by atoms with Crippen molar-refractivity contribution in [1.82, 2.24) is 9.55 Å². The van der Waals surface area contributed by atoms with E-state index in [1.165, 1.54) is 4.88 Å². The van der Waals surface area contributed by atoms with Crippen LogP contribution in [0.1, 0.15) is 9.88 Å². The molecular formula is C11H13N3OS. The Morgan fingerprint density at radius 3 is 2.94 bits per heavy atom. The minimum Gasteiger partial charge on any atom is -0.379 e. The molecule has 0 aliphatic heterocycles. The van der Waals surface area contributed by atoms with Crippen LogP contribution in [-0.2, 0) is 13.6 Å². The molecule has 0 bridgehead atoms. The lowest BCUT2D eigenvalue weighted by Crippen LogP contribution is -2.15. The van der Waals surface area contributed by atoms with Crippen molar-refractivity contribution in [3.8, 4) is 0 Å². The molecule has 0 radical (unpaired) electrons. The van der Waals surface area contributed by atoms with E-state index in [2.05, 4.69) is 10.3 Å². The molecule has 5 heteroatoms. The molecule has 0 amide bonds. The van der Waals surface area contributed by atoms with E-state index in [-0.39, 0.29) is 5.56 Å². The quantitative estimate of drug-likeness (QED) is 0.881. The first-order valence-corrected chi connectivity index (χ1v) is 5.78. The van der Waals surface area contributed by atoms with E-state index in [1.807, 2.05) is 13.1 Å². The van der Waals surface area contributed by atoms with Gasteiger partial charge >= 0.3 is 0 Å². The minimum absolute atomic E-state index is 0.000755. The summed E-state index contributed by atoms with van der Waals surface area (Å²) < 4.78 is 1.56. The lowest BCUT2D eigenvalue weighted by atomic mass is 10.4. The molecule has 1 N–H and O–H groups in total. The number of hydrogen-bond acceptors (Lipinski definition) is 4. The average molecular weight is 235 g/mol. The third-order valence-electron chi connectivity index (χ3n) is 2.22. The van der Waals surface area contributed by atoms with Gasteiger partial charge in [-0.05, 0) is 13.0 Å². The first-order valence-electron chi connectivity index (χ1n) is 4.97. The Balaban J connectivity index is 2.05. The lowest BCUT2D eigenvalue weighted by Gasteiger charge is -2.05. The van der Waals surface area contributed by atoms with Crippen molar-refractivity contribution < 1.29 is 0 Å². The predicted molar refractivity (Wildman–Crippen MR) is 65.9 cm³/mol. The highest BCUT2D eigenvalue weighted by molar-refractivity contribution is 7.11. The number of anilines is 1. The second-order valence-electron chi connectivity index (χ2n) is 3.57.